The highest BCUT2D eigenvalue weighted by atomic mass is 16.6. The van der Waals surface area contributed by atoms with E-state index in [1.807, 2.05) is 47.1 Å². The first-order chi connectivity index (χ1) is 12.8. The minimum atomic E-state index is 0.114. The molecule has 2 aromatic heterocycles. The van der Waals surface area contributed by atoms with Crippen molar-refractivity contribution in [2.45, 2.75) is 19.3 Å². The number of ether oxygens (including phenoxy) is 2. The number of rotatable bonds is 3. The average molecular weight is 349 g/mol. The highest BCUT2D eigenvalue weighted by Gasteiger charge is 2.25. The van der Waals surface area contributed by atoms with Crippen molar-refractivity contribution in [3.05, 3.63) is 42.7 Å². The van der Waals surface area contributed by atoms with Crippen LogP contribution in [0.5, 0.6) is 11.5 Å². The number of fused-ring (bicyclic) bond motifs is 2. The van der Waals surface area contributed by atoms with Crippen LogP contribution in [-0.4, -0.2) is 28.5 Å². The van der Waals surface area contributed by atoms with Gasteiger partial charge in [-0.3, -0.25) is 4.79 Å². The van der Waals surface area contributed by atoms with Crippen LogP contribution in [0, 0.1) is 5.92 Å². The third-order valence-corrected chi connectivity index (χ3v) is 5.03. The lowest BCUT2D eigenvalue weighted by Crippen LogP contribution is -2.28. The van der Waals surface area contributed by atoms with Crippen LogP contribution in [0.15, 0.2) is 42.7 Å². The number of pyridine rings is 1. The zero-order valence-electron chi connectivity index (χ0n) is 14.3. The van der Waals surface area contributed by atoms with Gasteiger partial charge in [-0.15, -0.1) is 0 Å². The molecular weight excluding hydrogens is 330 g/mol. The van der Waals surface area contributed by atoms with Gasteiger partial charge in [-0.05, 0) is 43.2 Å². The summed E-state index contributed by atoms with van der Waals surface area (Å²) < 4.78 is 13.2. The summed E-state index contributed by atoms with van der Waals surface area (Å²) in [7, 11) is 0. The van der Waals surface area contributed by atoms with Crippen LogP contribution in [0.4, 0.5) is 5.69 Å². The lowest BCUT2D eigenvalue weighted by molar-refractivity contribution is -0.122. The molecule has 26 heavy (non-hydrogen) atoms. The Labute approximate surface area is 150 Å². The molecule has 0 radical (unpaired) electrons. The highest BCUT2D eigenvalue weighted by Crippen LogP contribution is 2.34. The Morgan fingerprint density at radius 2 is 1.92 bits per heavy atom. The van der Waals surface area contributed by atoms with E-state index in [0.717, 1.165) is 53.4 Å². The molecule has 0 saturated heterocycles. The van der Waals surface area contributed by atoms with Crippen LogP contribution in [0.1, 0.15) is 19.3 Å². The molecule has 1 aromatic carbocycles. The number of hydrogen-bond donors (Lipinski definition) is 1. The summed E-state index contributed by atoms with van der Waals surface area (Å²) in [6.07, 6.45) is 7.00. The molecule has 1 fully saturated rings. The Hall–Kier alpha value is -3.02. The Bertz CT molecular complexity index is 991. The molecule has 2 aliphatic rings. The molecule has 3 aromatic rings. The molecule has 1 aliphatic heterocycles. The first kappa shape index (κ1) is 15.3. The van der Waals surface area contributed by atoms with Gasteiger partial charge in [0.05, 0.1) is 11.4 Å². The van der Waals surface area contributed by atoms with Crippen molar-refractivity contribution in [2.75, 3.05) is 18.5 Å². The van der Waals surface area contributed by atoms with E-state index < -0.39 is 0 Å². The second-order valence-electron chi connectivity index (χ2n) is 6.78. The monoisotopic (exact) mass is 349 g/mol. The van der Waals surface area contributed by atoms with Gasteiger partial charge >= 0.3 is 0 Å². The summed E-state index contributed by atoms with van der Waals surface area (Å²) in [6.45, 7) is 1.14. The number of nitrogens with one attached hydrogen (secondary N) is 1. The van der Waals surface area contributed by atoms with Gasteiger partial charge in [0, 0.05) is 23.9 Å². The minimum Gasteiger partial charge on any atom is -0.486 e. The fourth-order valence-electron chi connectivity index (χ4n) is 3.32. The molecule has 1 aliphatic carbocycles. The summed E-state index contributed by atoms with van der Waals surface area (Å²) in [5.41, 5.74) is 3.44. The van der Waals surface area contributed by atoms with Gasteiger partial charge in [0.1, 0.15) is 18.9 Å². The summed E-state index contributed by atoms with van der Waals surface area (Å²) in [5, 5.41) is 3.00. The normalized spacial score (nSPS) is 16.3. The van der Waals surface area contributed by atoms with Gasteiger partial charge < -0.3 is 19.2 Å². The van der Waals surface area contributed by atoms with E-state index in [9.17, 15) is 4.79 Å². The van der Waals surface area contributed by atoms with Crippen LogP contribution in [0.25, 0.3) is 16.9 Å². The molecule has 6 nitrogen and oxygen atoms in total. The minimum absolute atomic E-state index is 0.114. The van der Waals surface area contributed by atoms with Gasteiger partial charge in [-0.1, -0.05) is 6.42 Å². The number of amides is 1. The van der Waals surface area contributed by atoms with Gasteiger partial charge in [-0.25, -0.2) is 4.98 Å². The number of carbonyl (C=O) groups excluding carboxylic acids is 1. The van der Waals surface area contributed by atoms with Crippen molar-refractivity contribution < 1.29 is 14.3 Å². The molecule has 0 atom stereocenters. The molecular formula is C20H19N3O3. The second kappa shape index (κ2) is 6.05. The molecule has 0 spiro atoms. The van der Waals surface area contributed by atoms with Crippen LogP contribution >= 0.6 is 0 Å². The number of anilines is 1. The van der Waals surface area contributed by atoms with Crippen LogP contribution in [-0.2, 0) is 4.79 Å². The second-order valence-corrected chi connectivity index (χ2v) is 6.78. The zero-order chi connectivity index (χ0) is 17.5. The molecule has 5 rings (SSSR count). The summed E-state index contributed by atoms with van der Waals surface area (Å²) >= 11 is 0. The lowest BCUT2D eigenvalue weighted by Gasteiger charge is -2.23. The van der Waals surface area contributed by atoms with E-state index in [0.29, 0.717) is 13.2 Å². The summed E-state index contributed by atoms with van der Waals surface area (Å²) in [6, 6.07) is 9.66. The SMILES string of the molecule is O=C(Nc1ccc2nc(-c3ccc4c(c3)OCCO4)cn2c1)C1CCC1. The van der Waals surface area contributed by atoms with Crippen molar-refractivity contribution >= 4 is 17.2 Å². The highest BCUT2D eigenvalue weighted by molar-refractivity contribution is 5.93. The maximum Gasteiger partial charge on any atom is 0.227 e. The molecule has 1 amide bonds. The van der Waals surface area contributed by atoms with Gasteiger partial charge in [0.25, 0.3) is 0 Å². The quantitative estimate of drug-likeness (QED) is 0.786. The predicted octanol–water partition coefficient (Wildman–Crippen LogP) is 3.51. The van der Waals surface area contributed by atoms with E-state index >= 15 is 0 Å². The first-order valence-corrected chi connectivity index (χ1v) is 8.96. The maximum absolute atomic E-state index is 12.1. The first-order valence-electron chi connectivity index (χ1n) is 8.96. The van der Waals surface area contributed by atoms with Crippen molar-refractivity contribution in [1.82, 2.24) is 9.38 Å². The fraction of sp³-hybridized carbons (Fsp3) is 0.300. The van der Waals surface area contributed by atoms with Crippen molar-refractivity contribution in [1.29, 1.82) is 0 Å². The summed E-state index contributed by atoms with van der Waals surface area (Å²) in [4.78, 5) is 16.8. The number of benzene rings is 1. The lowest BCUT2D eigenvalue weighted by atomic mass is 9.85. The molecule has 1 saturated carbocycles. The summed E-state index contributed by atoms with van der Waals surface area (Å²) in [5.74, 6) is 1.80. The molecule has 132 valence electrons. The molecule has 3 heterocycles. The number of carbonyl (C=O) groups is 1. The zero-order valence-corrected chi connectivity index (χ0v) is 14.3. The van der Waals surface area contributed by atoms with Crippen LogP contribution in [0.3, 0.4) is 0 Å². The van der Waals surface area contributed by atoms with E-state index in [2.05, 4.69) is 10.3 Å². The Morgan fingerprint density at radius 3 is 2.73 bits per heavy atom. The van der Waals surface area contributed by atoms with Gasteiger partial charge in [0.15, 0.2) is 11.5 Å². The number of imidazole rings is 1. The fourth-order valence-corrected chi connectivity index (χ4v) is 3.32. The van der Waals surface area contributed by atoms with Crippen molar-refractivity contribution in [2.24, 2.45) is 5.92 Å². The number of aromatic nitrogens is 2. The van der Waals surface area contributed by atoms with Gasteiger partial charge in [0.2, 0.25) is 5.91 Å². The average Bonchev–Trinajstić information content (AvgIpc) is 3.03. The van der Waals surface area contributed by atoms with E-state index in [-0.39, 0.29) is 11.8 Å². The third-order valence-electron chi connectivity index (χ3n) is 5.03. The van der Waals surface area contributed by atoms with Crippen molar-refractivity contribution in [3.63, 3.8) is 0 Å². The van der Waals surface area contributed by atoms with Crippen molar-refractivity contribution in [3.8, 4) is 22.8 Å². The predicted molar refractivity (Wildman–Crippen MR) is 97.6 cm³/mol. The maximum atomic E-state index is 12.1. The Morgan fingerprint density at radius 1 is 1.08 bits per heavy atom. The number of nitrogens with zero attached hydrogens (tertiary/aromatic N) is 2. The van der Waals surface area contributed by atoms with Gasteiger partial charge in [-0.2, -0.15) is 0 Å². The Balaban J connectivity index is 1.43. The standard InChI is InChI=1S/C20H19N3O3/c24-20(13-2-1-3-13)21-15-5-7-19-22-16(12-23(19)11-15)14-4-6-17-18(10-14)26-9-8-25-17/h4-7,10-13H,1-3,8-9H2,(H,21,24). The Kier molecular flexibility index (Phi) is 3.55. The molecule has 0 bridgehead atoms. The topological polar surface area (TPSA) is 64.9 Å². The van der Waals surface area contributed by atoms with E-state index in [1.54, 1.807) is 0 Å². The largest absolute Gasteiger partial charge is 0.486 e. The smallest absolute Gasteiger partial charge is 0.227 e. The van der Waals surface area contributed by atoms with Crippen LogP contribution in [0.2, 0.25) is 0 Å². The van der Waals surface area contributed by atoms with E-state index in [4.69, 9.17) is 9.47 Å². The third kappa shape index (κ3) is 2.67. The number of hydrogen-bond acceptors (Lipinski definition) is 4. The molecule has 0 unspecified atom stereocenters. The van der Waals surface area contributed by atoms with E-state index in [1.165, 1.54) is 0 Å². The molecule has 1 N–H and O–H groups in total. The molecule has 6 heteroatoms. The van der Waals surface area contributed by atoms with Crippen LogP contribution < -0.4 is 14.8 Å².